The maximum absolute atomic E-state index is 5.74. The molecule has 0 saturated heterocycles. The van der Waals surface area contributed by atoms with Crippen LogP contribution >= 0.6 is 0 Å². The summed E-state index contributed by atoms with van der Waals surface area (Å²) in [5.41, 5.74) is 9.01. The molecule has 2 rings (SSSR count). The first kappa shape index (κ1) is 12.6. The fourth-order valence-corrected chi connectivity index (χ4v) is 1.77. The van der Waals surface area contributed by atoms with E-state index in [1.54, 1.807) is 13.3 Å². The lowest BCUT2D eigenvalue weighted by atomic mass is 10.0. The van der Waals surface area contributed by atoms with Crippen LogP contribution in [0.3, 0.4) is 0 Å². The predicted octanol–water partition coefficient (Wildman–Crippen LogP) is 2.99. The van der Waals surface area contributed by atoms with Crippen LogP contribution in [0.1, 0.15) is 30.0 Å². The van der Waals surface area contributed by atoms with Crippen LogP contribution in [0, 0.1) is 13.8 Å². The zero-order valence-electron chi connectivity index (χ0n) is 11.2. The van der Waals surface area contributed by atoms with Crippen molar-refractivity contribution in [2.24, 2.45) is 5.73 Å². The molecule has 1 unspecified atom stereocenters. The summed E-state index contributed by atoms with van der Waals surface area (Å²) in [4.78, 5) is 4.17. The van der Waals surface area contributed by atoms with E-state index < -0.39 is 0 Å². The molecule has 1 aromatic heterocycles. The van der Waals surface area contributed by atoms with Crippen LogP contribution < -0.4 is 10.5 Å². The standard InChI is InChI=1S/C14H18N2O2/c1-8-5-11(12(17-4)6-9(8)2)13-7-16-14(18-13)10(3)15/h5-7,10H,15H2,1-4H3. The Hall–Kier alpha value is -1.81. The summed E-state index contributed by atoms with van der Waals surface area (Å²) in [6.07, 6.45) is 1.69. The average molecular weight is 246 g/mol. The van der Waals surface area contributed by atoms with Gasteiger partial charge in [0.1, 0.15) is 5.75 Å². The highest BCUT2D eigenvalue weighted by Crippen LogP contribution is 2.33. The van der Waals surface area contributed by atoms with E-state index in [0.29, 0.717) is 11.7 Å². The molecular weight excluding hydrogens is 228 g/mol. The van der Waals surface area contributed by atoms with Crippen LogP contribution in [0.5, 0.6) is 5.75 Å². The molecular formula is C14H18N2O2. The largest absolute Gasteiger partial charge is 0.496 e. The third-order valence-corrected chi connectivity index (χ3v) is 2.99. The van der Waals surface area contributed by atoms with Gasteiger partial charge >= 0.3 is 0 Å². The van der Waals surface area contributed by atoms with Crippen molar-refractivity contribution >= 4 is 0 Å². The van der Waals surface area contributed by atoms with Crippen molar-refractivity contribution in [2.75, 3.05) is 7.11 Å². The van der Waals surface area contributed by atoms with Gasteiger partial charge in [-0.05, 0) is 44.0 Å². The molecule has 96 valence electrons. The van der Waals surface area contributed by atoms with Gasteiger partial charge in [0, 0.05) is 0 Å². The van der Waals surface area contributed by atoms with E-state index in [1.807, 2.05) is 19.1 Å². The molecule has 0 amide bonds. The second-order valence-electron chi connectivity index (χ2n) is 4.49. The molecule has 4 nitrogen and oxygen atoms in total. The van der Waals surface area contributed by atoms with Crippen LogP contribution in [0.2, 0.25) is 0 Å². The Labute approximate surface area is 107 Å². The first-order valence-electron chi connectivity index (χ1n) is 5.90. The summed E-state index contributed by atoms with van der Waals surface area (Å²) in [5.74, 6) is 2.00. The number of nitrogens with zero attached hydrogens (tertiary/aromatic N) is 1. The van der Waals surface area contributed by atoms with Gasteiger partial charge in [0.05, 0.1) is 24.9 Å². The van der Waals surface area contributed by atoms with Gasteiger partial charge in [-0.2, -0.15) is 0 Å². The highest BCUT2D eigenvalue weighted by molar-refractivity contribution is 5.67. The number of nitrogens with two attached hydrogens (primary N) is 1. The molecule has 0 saturated carbocycles. The SMILES string of the molecule is COc1cc(C)c(C)cc1-c1cnc(C(C)N)o1. The minimum Gasteiger partial charge on any atom is -0.496 e. The van der Waals surface area contributed by atoms with E-state index in [4.69, 9.17) is 14.9 Å². The van der Waals surface area contributed by atoms with Gasteiger partial charge in [-0.1, -0.05) is 0 Å². The van der Waals surface area contributed by atoms with Gasteiger partial charge in [-0.25, -0.2) is 4.98 Å². The molecule has 0 radical (unpaired) electrons. The second-order valence-corrected chi connectivity index (χ2v) is 4.49. The van der Waals surface area contributed by atoms with Gasteiger partial charge in [0.25, 0.3) is 0 Å². The van der Waals surface area contributed by atoms with E-state index in [0.717, 1.165) is 11.3 Å². The lowest BCUT2D eigenvalue weighted by Crippen LogP contribution is -2.04. The number of rotatable bonds is 3. The Morgan fingerprint density at radius 3 is 2.50 bits per heavy atom. The zero-order valence-corrected chi connectivity index (χ0v) is 11.2. The quantitative estimate of drug-likeness (QED) is 0.904. The van der Waals surface area contributed by atoms with Crippen molar-refractivity contribution in [3.63, 3.8) is 0 Å². The van der Waals surface area contributed by atoms with E-state index in [1.165, 1.54) is 11.1 Å². The summed E-state index contributed by atoms with van der Waals surface area (Å²) >= 11 is 0. The normalized spacial score (nSPS) is 12.5. The van der Waals surface area contributed by atoms with E-state index >= 15 is 0 Å². The first-order chi connectivity index (χ1) is 8.52. The van der Waals surface area contributed by atoms with Crippen molar-refractivity contribution in [1.82, 2.24) is 4.98 Å². The lowest BCUT2D eigenvalue weighted by Gasteiger charge is -2.09. The molecule has 2 aromatic rings. The van der Waals surface area contributed by atoms with E-state index in [9.17, 15) is 0 Å². The molecule has 1 aromatic carbocycles. The number of oxazole rings is 1. The van der Waals surface area contributed by atoms with Crippen LogP contribution in [0.15, 0.2) is 22.7 Å². The molecule has 0 aliphatic carbocycles. The zero-order chi connectivity index (χ0) is 13.3. The Morgan fingerprint density at radius 1 is 1.28 bits per heavy atom. The van der Waals surface area contributed by atoms with Crippen molar-refractivity contribution in [3.8, 4) is 17.1 Å². The fraction of sp³-hybridized carbons (Fsp3) is 0.357. The molecule has 1 atom stereocenters. The number of hydrogen-bond acceptors (Lipinski definition) is 4. The molecule has 0 aliphatic heterocycles. The van der Waals surface area contributed by atoms with Crippen molar-refractivity contribution in [1.29, 1.82) is 0 Å². The molecule has 0 fully saturated rings. The molecule has 1 heterocycles. The Kier molecular flexibility index (Phi) is 3.39. The topological polar surface area (TPSA) is 61.3 Å². The molecule has 0 aliphatic rings. The van der Waals surface area contributed by atoms with Crippen molar-refractivity contribution < 1.29 is 9.15 Å². The monoisotopic (exact) mass is 246 g/mol. The average Bonchev–Trinajstić information content (AvgIpc) is 2.81. The predicted molar refractivity (Wildman–Crippen MR) is 70.6 cm³/mol. The van der Waals surface area contributed by atoms with Crippen LogP contribution in [-0.2, 0) is 0 Å². The maximum atomic E-state index is 5.74. The summed E-state index contributed by atoms with van der Waals surface area (Å²) in [5, 5.41) is 0. The van der Waals surface area contributed by atoms with Gasteiger partial charge in [-0.3, -0.25) is 0 Å². The second kappa shape index (κ2) is 4.82. The lowest BCUT2D eigenvalue weighted by molar-refractivity contribution is 0.412. The molecule has 18 heavy (non-hydrogen) atoms. The maximum Gasteiger partial charge on any atom is 0.211 e. The Bertz CT molecular complexity index is 559. The Balaban J connectivity index is 2.51. The molecule has 2 N–H and O–H groups in total. The van der Waals surface area contributed by atoms with Crippen LogP contribution in [-0.4, -0.2) is 12.1 Å². The number of ether oxygens (including phenoxy) is 1. The van der Waals surface area contributed by atoms with Crippen molar-refractivity contribution in [3.05, 3.63) is 35.3 Å². The van der Waals surface area contributed by atoms with E-state index in [2.05, 4.69) is 18.8 Å². The van der Waals surface area contributed by atoms with Gasteiger partial charge in [0.2, 0.25) is 5.89 Å². The Morgan fingerprint density at radius 2 is 1.94 bits per heavy atom. The minimum atomic E-state index is -0.212. The van der Waals surface area contributed by atoms with Crippen LogP contribution in [0.4, 0.5) is 0 Å². The highest BCUT2D eigenvalue weighted by atomic mass is 16.5. The third kappa shape index (κ3) is 2.24. The smallest absolute Gasteiger partial charge is 0.211 e. The number of aryl methyl sites for hydroxylation is 2. The molecule has 0 spiro atoms. The summed E-state index contributed by atoms with van der Waals surface area (Å²) < 4.78 is 11.0. The number of aromatic nitrogens is 1. The summed E-state index contributed by atoms with van der Waals surface area (Å²) in [6, 6.07) is 3.83. The summed E-state index contributed by atoms with van der Waals surface area (Å²) in [6.45, 7) is 5.95. The fourth-order valence-electron chi connectivity index (χ4n) is 1.77. The molecule has 4 heteroatoms. The van der Waals surface area contributed by atoms with E-state index in [-0.39, 0.29) is 6.04 Å². The molecule has 0 bridgehead atoms. The van der Waals surface area contributed by atoms with Crippen molar-refractivity contribution in [2.45, 2.75) is 26.8 Å². The van der Waals surface area contributed by atoms with Gasteiger partial charge in [-0.15, -0.1) is 0 Å². The minimum absolute atomic E-state index is 0.212. The van der Waals surface area contributed by atoms with Gasteiger partial charge in [0.15, 0.2) is 5.76 Å². The van der Waals surface area contributed by atoms with Crippen LogP contribution in [0.25, 0.3) is 11.3 Å². The highest BCUT2D eigenvalue weighted by Gasteiger charge is 2.14. The number of methoxy groups -OCH3 is 1. The number of benzene rings is 1. The number of hydrogen-bond donors (Lipinski definition) is 1. The third-order valence-electron chi connectivity index (χ3n) is 2.99. The summed E-state index contributed by atoms with van der Waals surface area (Å²) in [7, 11) is 1.65. The first-order valence-corrected chi connectivity index (χ1v) is 5.90. The van der Waals surface area contributed by atoms with Gasteiger partial charge < -0.3 is 14.9 Å².